The molecule has 2 rings (SSSR count). The number of carbonyl (C=O) groups is 2. The van der Waals surface area contributed by atoms with Crippen molar-refractivity contribution in [3.63, 3.8) is 0 Å². The van der Waals surface area contributed by atoms with Gasteiger partial charge >= 0.3 is 0 Å². The summed E-state index contributed by atoms with van der Waals surface area (Å²) in [5.74, 6) is 0.459. The maximum absolute atomic E-state index is 12.3. The Balaban J connectivity index is 1.92. The quantitative estimate of drug-likeness (QED) is 0.743. The normalized spacial score (nSPS) is 17.9. The van der Waals surface area contributed by atoms with Gasteiger partial charge in [-0.25, -0.2) is 0 Å². The van der Waals surface area contributed by atoms with E-state index in [1.165, 1.54) is 0 Å². The summed E-state index contributed by atoms with van der Waals surface area (Å²) < 4.78 is 5.53. The zero-order chi connectivity index (χ0) is 18.4. The first kappa shape index (κ1) is 19.0. The molecule has 1 heterocycles. The molecule has 1 aromatic carbocycles. The molecule has 2 amide bonds. The molecule has 0 bridgehead atoms. The van der Waals surface area contributed by atoms with Crippen molar-refractivity contribution in [3.8, 4) is 5.75 Å². The molecule has 0 aliphatic carbocycles. The summed E-state index contributed by atoms with van der Waals surface area (Å²) in [5.41, 5.74) is 1.62. The Labute approximate surface area is 149 Å². The number of hydrogen-bond acceptors (Lipinski definition) is 4. The van der Waals surface area contributed by atoms with Gasteiger partial charge in [0.15, 0.2) is 0 Å². The standard InChI is InChI=1S/C19H27N3O3/c1-13(2)12-25-16-7-5-15(6-8-16)21-18(23)11-17-19(24)20-9-10-22(17)14(3)4/h5-8,14,17H,1,9-12H2,2-4H3,(H,20,24)(H,21,23). The second-order valence-electron chi connectivity index (χ2n) is 6.66. The molecule has 1 unspecified atom stereocenters. The third kappa shape index (κ3) is 5.60. The average Bonchev–Trinajstić information content (AvgIpc) is 2.55. The van der Waals surface area contributed by atoms with Gasteiger partial charge in [-0.15, -0.1) is 0 Å². The maximum atomic E-state index is 12.3. The zero-order valence-electron chi connectivity index (χ0n) is 15.2. The van der Waals surface area contributed by atoms with Crippen molar-refractivity contribution in [2.24, 2.45) is 0 Å². The largest absolute Gasteiger partial charge is 0.489 e. The minimum atomic E-state index is -0.424. The van der Waals surface area contributed by atoms with E-state index >= 15 is 0 Å². The van der Waals surface area contributed by atoms with Crippen LogP contribution in [0.15, 0.2) is 36.4 Å². The van der Waals surface area contributed by atoms with Gasteiger partial charge in [0.2, 0.25) is 11.8 Å². The van der Waals surface area contributed by atoms with E-state index in [2.05, 4.69) is 22.1 Å². The SMILES string of the molecule is C=C(C)COc1ccc(NC(=O)CC2C(=O)NCCN2C(C)C)cc1. The third-order valence-electron chi connectivity index (χ3n) is 4.04. The van der Waals surface area contributed by atoms with Crippen LogP contribution in [0.4, 0.5) is 5.69 Å². The number of anilines is 1. The molecular weight excluding hydrogens is 318 g/mol. The van der Waals surface area contributed by atoms with E-state index in [-0.39, 0.29) is 24.3 Å². The molecule has 1 atom stereocenters. The maximum Gasteiger partial charge on any atom is 0.237 e. The highest BCUT2D eigenvalue weighted by Gasteiger charge is 2.32. The van der Waals surface area contributed by atoms with Crippen LogP contribution in [0, 0.1) is 0 Å². The van der Waals surface area contributed by atoms with Gasteiger partial charge in [-0.3, -0.25) is 14.5 Å². The Morgan fingerprint density at radius 1 is 1.40 bits per heavy atom. The molecular formula is C19H27N3O3. The predicted molar refractivity (Wildman–Crippen MR) is 98.6 cm³/mol. The monoisotopic (exact) mass is 345 g/mol. The molecule has 1 fully saturated rings. The summed E-state index contributed by atoms with van der Waals surface area (Å²) in [5, 5.41) is 5.68. The molecule has 1 aliphatic heterocycles. The van der Waals surface area contributed by atoms with Gasteiger partial charge in [0.1, 0.15) is 12.4 Å². The zero-order valence-corrected chi connectivity index (χ0v) is 15.2. The van der Waals surface area contributed by atoms with E-state index in [1.54, 1.807) is 24.3 Å². The highest BCUT2D eigenvalue weighted by Crippen LogP contribution is 2.18. The number of amides is 2. The molecule has 0 aromatic heterocycles. The van der Waals surface area contributed by atoms with Gasteiger partial charge in [0.25, 0.3) is 0 Å². The smallest absolute Gasteiger partial charge is 0.237 e. The van der Waals surface area contributed by atoms with Crippen molar-refractivity contribution in [2.45, 2.75) is 39.3 Å². The fourth-order valence-corrected chi connectivity index (χ4v) is 2.79. The van der Waals surface area contributed by atoms with Crippen LogP contribution in [-0.2, 0) is 9.59 Å². The lowest BCUT2D eigenvalue weighted by Crippen LogP contribution is -2.58. The van der Waals surface area contributed by atoms with Gasteiger partial charge in [-0.1, -0.05) is 6.58 Å². The van der Waals surface area contributed by atoms with Gasteiger partial charge in [-0.05, 0) is 50.6 Å². The van der Waals surface area contributed by atoms with E-state index in [0.717, 1.165) is 17.9 Å². The molecule has 6 heteroatoms. The van der Waals surface area contributed by atoms with Crippen LogP contribution in [0.2, 0.25) is 0 Å². The van der Waals surface area contributed by atoms with Gasteiger partial charge < -0.3 is 15.4 Å². The number of rotatable bonds is 7. The minimum absolute atomic E-state index is 0.0846. The second kappa shape index (κ2) is 8.67. The number of benzene rings is 1. The molecule has 136 valence electrons. The lowest BCUT2D eigenvalue weighted by molar-refractivity contribution is -0.133. The van der Waals surface area contributed by atoms with Gasteiger partial charge in [0.05, 0.1) is 12.5 Å². The Bertz CT molecular complexity index is 625. The van der Waals surface area contributed by atoms with Crippen LogP contribution < -0.4 is 15.4 Å². The van der Waals surface area contributed by atoms with E-state index in [9.17, 15) is 9.59 Å². The molecule has 6 nitrogen and oxygen atoms in total. The minimum Gasteiger partial charge on any atom is -0.489 e. The lowest BCUT2D eigenvalue weighted by Gasteiger charge is -2.37. The lowest BCUT2D eigenvalue weighted by atomic mass is 10.1. The highest BCUT2D eigenvalue weighted by molar-refractivity contribution is 5.95. The summed E-state index contributed by atoms with van der Waals surface area (Å²) in [4.78, 5) is 26.5. The summed E-state index contributed by atoms with van der Waals surface area (Å²) in [6, 6.07) is 6.96. The predicted octanol–water partition coefficient (Wildman–Crippen LogP) is 2.18. The number of piperazine rings is 1. The summed E-state index contributed by atoms with van der Waals surface area (Å²) in [6.45, 7) is 11.6. The van der Waals surface area contributed by atoms with Crippen molar-refractivity contribution in [1.82, 2.24) is 10.2 Å². The van der Waals surface area contributed by atoms with Crippen LogP contribution in [0.25, 0.3) is 0 Å². The first-order chi connectivity index (χ1) is 11.9. The van der Waals surface area contributed by atoms with Crippen molar-refractivity contribution in [1.29, 1.82) is 0 Å². The fourth-order valence-electron chi connectivity index (χ4n) is 2.79. The van der Waals surface area contributed by atoms with Crippen molar-refractivity contribution < 1.29 is 14.3 Å². The molecule has 1 aromatic rings. The Hall–Kier alpha value is -2.34. The molecule has 0 radical (unpaired) electrons. The van der Waals surface area contributed by atoms with Crippen LogP contribution in [0.1, 0.15) is 27.2 Å². The van der Waals surface area contributed by atoms with Crippen LogP contribution >= 0.6 is 0 Å². The summed E-state index contributed by atoms with van der Waals surface area (Å²) in [7, 11) is 0. The van der Waals surface area contributed by atoms with E-state index < -0.39 is 6.04 Å². The topological polar surface area (TPSA) is 70.7 Å². The third-order valence-corrected chi connectivity index (χ3v) is 4.04. The van der Waals surface area contributed by atoms with Crippen molar-refractivity contribution in [2.75, 3.05) is 25.0 Å². The Kier molecular flexibility index (Phi) is 6.58. The Morgan fingerprint density at radius 3 is 2.68 bits per heavy atom. The van der Waals surface area contributed by atoms with E-state index in [1.807, 2.05) is 20.8 Å². The van der Waals surface area contributed by atoms with Crippen molar-refractivity contribution in [3.05, 3.63) is 36.4 Å². The number of nitrogens with one attached hydrogen (secondary N) is 2. The molecule has 1 saturated heterocycles. The average molecular weight is 345 g/mol. The molecule has 2 N–H and O–H groups in total. The van der Waals surface area contributed by atoms with Gasteiger partial charge in [0, 0.05) is 24.8 Å². The Morgan fingerprint density at radius 2 is 2.08 bits per heavy atom. The fraction of sp³-hybridized carbons (Fsp3) is 0.474. The number of ether oxygens (including phenoxy) is 1. The first-order valence-corrected chi connectivity index (χ1v) is 8.57. The van der Waals surface area contributed by atoms with E-state index in [4.69, 9.17) is 4.74 Å². The number of carbonyl (C=O) groups excluding carboxylic acids is 2. The van der Waals surface area contributed by atoms with Crippen LogP contribution in [0.3, 0.4) is 0 Å². The molecule has 0 saturated carbocycles. The second-order valence-corrected chi connectivity index (χ2v) is 6.66. The number of nitrogens with zero attached hydrogens (tertiary/aromatic N) is 1. The van der Waals surface area contributed by atoms with Crippen LogP contribution in [-0.4, -0.2) is 48.5 Å². The van der Waals surface area contributed by atoms with Crippen molar-refractivity contribution >= 4 is 17.5 Å². The highest BCUT2D eigenvalue weighted by atomic mass is 16.5. The summed E-state index contributed by atoms with van der Waals surface area (Å²) >= 11 is 0. The molecule has 0 spiro atoms. The molecule has 25 heavy (non-hydrogen) atoms. The number of hydrogen-bond donors (Lipinski definition) is 2. The van der Waals surface area contributed by atoms with Gasteiger partial charge in [-0.2, -0.15) is 0 Å². The summed E-state index contributed by atoms with van der Waals surface area (Å²) in [6.07, 6.45) is 0.137. The van der Waals surface area contributed by atoms with Crippen LogP contribution in [0.5, 0.6) is 5.75 Å². The molecule has 1 aliphatic rings. The first-order valence-electron chi connectivity index (χ1n) is 8.57. The van der Waals surface area contributed by atoms with E-state index in [0.29, 0.717) is 18.8 Å².